The third kappa shape index (κ3) is 8.41. The van der Waals surface area contributed by atoms with E-state index in [0.717, 1.165) is 6.92 Å². The summed E-state index contributed by atoms with van der Waals surface area (Å²) in [6.07, 6.45) is -0.936. The zero-order chi connectivity index (χ0) is 23.2. The third-order valence-electron chi connectivity index (χ3n) is 4.21. The van der Waals surface area contributed by atoms with Crippen molar-refractivity contribution in [1.29, 1.82) is 0 Å². The number of allylic oxidation sites excluding steroid dienone is 1. The molecule has 0 saturated heterocycles. The van der Waals surface area contributed by atoms with E-state index in [1.807, 2.05) is 0 Å². The van der Waals surface area contributed by atoms with Crippen molar-refractivity contribution in [2.45, 2.75) is 26.6 Å². The first kappa shape index (κ1) is 24.4. The Balaban J connectivity index is 2.19. The van der Waals surface area contributed by atoms with Crippen molar-refractivity contribution < 1.29 is 38.5 Å². The van der Waals surface area contributed by atoms with Crippen molar-refractivity contribution >= 4 is 22.2 Å². The average molecular weight is 464 g/mol. The molecular formula is C21H21F5O4S. The zero-order valence-electron chi connectivity index (χ0n) is 16.5. The standard InChI is InChI=1S/C21H21F5O4S/c1-21(13-8-14-31(22,23,24,25)26,19(27)29-15-17-9-4-2-5-10-17)20(28)30-16-18-11-6-3-7-12-18/h2-12,14H,13,15-16H2,1H3/b14-8+. The van der Waals surface area contributed by atoms with Crippen molar-refractivity contribution in [3.8, 4) is 0 Å². The van der Waals surface area contributed by atoms with Gasteiger partial charge in [-0.15, -0.1) is 0 Å². The predicted octanol–water partition coefficient (Wildman–Crippen LogP) is 6.68. The molecule has 10 heteroatoms. The van der Waals surface area contributed by atoms with Crippen LogP contribution in [-0.4, -0.2) is 11.9 Å². The SMILES string of the molecule is CC(C/C=C/S(F)(F)(F)(F)F)(C(=O)OCc1ccccc1)C(=O)OCc1ccccc1. The largest absolute Gasteiger partial charge is 0.460 e. The van der Waals surface area contributed by atoms with Crippen LogP contribution in [0.25, 0.3) is 0 Å². The molecular weight excluding hydrogens is 443 g/mol. The summed E-state index contributed by atoms with van der Waals surface area (Å²) < 4.78 is 73.2. The molecule has 0 aliphatic carbocycles. The summed E-state index contributed by atoms with van der Waals surface area (Å²) in [7, 11) is -9.86. The van der Waals surface area contributed by atoms with E-state index in [2.05, 4.69) is 0 Å². The number of halogens is 5. The molecule has 0 bridgehead atoms. The van der Waals surface area contributed by atoms with E-state index in [9.17, 15) is 29.0 Å². The highest BCUT2D eigenvalue weighted by molar-refractivity contribution is 8.48. The highest BCUT2D eigenvalue weighted by Gasteiger charge is 2.60. The highest BCUT2D eigenvalue weighted by atomic mass is 32.5. The molecule has 0 aromatic heterocycles. The van der Waals surface area contributed by atoms with Crippen molar-refractivity contribution in [3.05, 3.63) is 83.3 Å². The van der Waals surface area contributed by atoms with E-state index in [0.29, 0.717) is 11.1 Å². The van der Waals surface area contributed by atoms with Gasteiger partial charge in [0.2, 0.25) is 0 Å². The van der Waals surface area contributed by atoms with Crippen LogP contribution in [-0.2, 0) is 32.3 Å². The monoisotopic (exact) mass is 464 g/mol. The van der Waals surface area contributed by atoms with Crippen LogP contribution < -0.4 is 0 Å². The maximum Gasteiger partial charge on any atom is 0.323 e. The second kappa shape index (κ2) is 8.33. The molecule has 2 aromatic carbocycles. The van der Waals surface area contributed by atoms with Gasteiger partial charge in [-0.1, -0.05) is 86.2 Å². The van der Waals surface area contributed by atoms with Crippen LogP contribution in [0.2, 0.25) is 0 Å². The Labute approximate surface area is 176 Å². The van der Waals surface area contributed by atoms with Gasteiger partial charge in [0, 0.05) is 0 Å². The predicted molar refractivity (Wildman–Crippen MR) is 107 cm³/mol. The molecule has 0 fully saturated rings. The maximum absolute atomic E-state index is 12.6. The number of esters is 2. The Morgan fingerprint density at radius 1 is 0.806 bits per heavy atom. The van der Waals surface area contributed by atoms with E-state index < -0.39 is 39.4 Å². The molecule has 0 atom stereocenters. The Bertz CT molecular complexity index is 889. The highest BCUT2D eigenvalue weighted by Crippen LogP contribution is 2.99. The molecule has 0 amide bonds. The number of carbonyl (C=O) groups excluding carboxylic acids is 2. The first-order chi connectivity index (χ1) is 14.2. The van der Waals surface area contributed by atoms with Gasteiger partial charge in [-0.05, 0) is 24.5 Å². The summed E-state index contributed by atoms with van der Waals surface area (Å²) in [5.74, 6) is -2.39. The molecule has 0 aliphatic heterocycles. The molecule has 2 aromatic rings. The molecule has 0 heterocycles. The van der Waals surface area contributed by atoms with E-state index in [1.165, 1.54) is 0 Å². The van der Waals surface area contributed by atoms with Crippen LogP contribution in [0.4, 0.5) is 19.4 Å². The molecule has 0 aliphatic rings. The van der Waals surface area contributed by atoms with Gasteiger partial charge in [0.05, 0.1) is 5.41 Å². The molecule has 0 N–H and O–H groups in total. The van der Waals surface area contributed by atoms with Gasteiger partial charge in [0.15, 0.2) is 5.41 Å². The van der Waals surface area contributed by atoms with Crippen molar-refractivity contribution in [2.24, 2.45) is 5.41 Å². The van der Waals surface area contributed by atoms with Crippen LogP contribution in [0.5, 0.6) is 0 Å². The van der Waals surface area contributed by atoms with E-state index >= 15 is 0 Å². The summed E-state index contributed by atoms with van der Waals surface area (Å²) in [4.78, 5) is 25.2. The molecule has 4 nitrogen and oxygen atoms in total. The molecule has 2 rings (SSSR count). The molecule has 0 radical (unpaired) electrons. The topological polar surface area (TPSA) is 52.6 Å². The second-order valence-electron chi connectivity index (χ2n) is 7.06. The number of carbonyl (C=O) groups is 2. The Hall–Kier alpha value is -2.88. The fraction of sp³-hybridized carbons (Fsp3) is 0.238. The summed E-state index contributed by atoms with van der Waals surface area (Å²) in [6, 6.07) is 16.7. The minimum Gasteiger partial charge on any atom is -0.460 e. The van der Waals surface area contributed by atoms with Crippen molar-refractivity contribution in [2.75, 3.05) is 0 Å². The fourth-order valence-electron chi connectivity index (χ4n) is 2.48. The van der Waals surface area contributed by atoms with Crippen LogP contribution >= 0.6 is 10.2 Å². The van der Waals surface area contributed by atoms with Gasteiger partial charge >= 0.3 is 22.2 Å². The van der Waals surface area contributed by atoms with Crippen LogP contribution in [0.1, 0.15) is 24.5 Å². The molecule has 0 saturated carbocycles. The molecule has 170 valence electrons. The van der Waals surface area contributed by atoms with Crippen LogP contribution in [0.15, 0.2) is 72.1 Å². The van der Waals surface area contributed by atoms with Crippen molar-refractivity contribution in [1.82, 2.24) is 0 Å². The minimum absolute atomic E-state index is 0.0507. The Morgan fingerprint density at radius 2 is 1.19 bits per heavy atom. The van der Waals surface area contributed by atoms with E-state index in [1.54, 1.807) is 60.7 Å². The van der Waals surface area contributed by atoms with Gasteiger partial charge in [-0.3, -0.25) is 9.59 Å². The average Bonchev–Trinajstić information content (AvgIpc) is 2.69. The third-order valence-corrected chi connectivity index (χ3v) is 4.91. The van der Waals surface area contributed by atoms with Gasteiger partial charge < -0.3 is 9.47 Å². The lowest BCUT2D eigenvalue weighted by atomic mass is 9.87. The lowest BCUT2D eigenvalue weighted by Gasteiger charge is -2.37. The molecule has 0 unspecified atom stereocenters. The van der Waals surface area contributed by atoms with E-state index in [-0.39, 0.29) is 19.3 Å². The molecule has 0 spiro atoms. The minimum atomic E-state index is -9.86. The van der Waals surface area contributed by atoms with Gasteiger partial charge in [0.1, 0.15) is 13.2 Å². The lowest BCUT2D eigenvalue weighted by molar-refractivity contribution is -0.172. The van der Waals surface area contributed by atoms with Gasteiger partial charge in [-0.25, -0.2) is 0 Å². The van der Waals surface area contributed by atoms with Crippen LogP contribution in [0.3, 0.4) is 0 Å². The quantitative estimate of drug-likeness (QED) is 0.236. The van der Waals surface area contributed by atoms with Gasteiger partial charge in [-0.2, -0.15) is 0 Å². The summed E-state index contributed by atoms with van der Waals surface area (Å²) in [5.41, 5.74) is -1.12. The summed E-state index contributed by atoms with van der Waals surface area (Å²) in [5, 5.41) is -1.19. The number of benzene rings is 2. The first-order valence-corrected chi connectivity index (χ1v) is 11.0. The second-order valence-corrected chi connectivity index (χ2v) is 9.39. The number of hydrogen-bond acceptors (Lipinski definition) is 4. The zero-order valence-corrected chi connectivity index (χ0v) is 17.3. The summed E-state index contributed by atoms with van der Waals surface area (Å²) >= 11 is 0. The maximum atomic E-state index is 12.6. The Morgan fingerprint density at radius 3 is 1.55 bits per heavy atom. The number of ether oxygens (including phenoxy) is 2. The van der Waals surface area contributed by atoms with Crippen molar-refractivity contribution in [3.63, 3.8) is 0 Å². The Kier molecular flexibility index (Phi) is 6.56. The lowest BCUT2D eigenvalue weighted by Crippen LogP contribution is -2.39. The summed E-state index contributed by atoms with van der Waals surface area (Å²) in [6.45, 7) is 0.475. The fourth-order valence-corrected chi connectivity index (χ4v) is 2.94. The first-order valence-electron chi connectivity index (χ1n) is 9.02. The smallest absolute Gasteiger partial charge is 0.323 e. The van der Waals surface area contributed by atoms with Crippen LogP contribution in [0, 0.1) is 5.41 Å². The van der Waals surface area contributed by atoms with Gasteiger partial charge in [0.25, 0.3) is 0 Å². The number of hydrogen-bond donors (Lipinski definition) is 0. The molecule has 31 heavy (non-hydrogen) atoms. The number of rotatable bonds is 9. The normalized spacial score (nSPS) is 14.5. The van der Waals surface area contributed by atoms with E-state index in [4.69, 9.17) is 9.47 Å².